The van der Waals surface area contributed by atoms with E-state index >= 15 is 0 Å². The molecule has 84 valence electrons. The number of ether oxygens (including phenoxy) is 1. The fourth-order valence-electron chi connectivity index (χ4n) is 1.95. The fraction of sp³-hybridized carbons (Fsp3) is 0.727. The van der Waals surface area contributed by atoms with Gasteiger partial charge < -0.3 is 9.84 Å². The molecule has 0 aromatic carbocycles. The molecule has 2 unspecified atom stereocenters. The molecule has 1 saturated heterocycles. The van der Waals surface area contributed by atoms with Crippen LogP contribution in [0.2, 0.25) is 0 Å². The highest BCUT2D eigenvalue weighted by atomic mass is 16.5. The summed E-state index contributed by atoms with van der Waals surface area (Å²) in [4.78, 5) is 12.5. The first-order valence-corrected chi connectivity index (χ1v) is 4.95. The minimum atomic E-state index is -0.932. The maximum Gasteiger partial charge on any atom is 0.407 e. The largest absolute Gasteiger partial charge is 0.465 e. The van der Waals surface area contributed by atoms with Gasteiger partial charge in [-0.15, -0.1) is 6.42 Å². The number of terminal acetylenes is 1. The molecular formula is C11H17NO3. The van der Waals surface area contributed by atoms with E-state index in [9.17, 15) is 4.79 Å². The Hall–Kier alpha value is -1.21. The first kappa shape index (κ1) is 11.9. The third-order valence-electron chi connectivity index (χ3n) is 2.55. The van der Waals surface area contributed by atoms with Gasteiger partial charge in [0.05, 0.1) is 12.6 Å². The Morgan fingerprint density at radius 3 is 2.60 bits per heavy atom. The van der Waals surface area contributed by atoms with Crippen LogP contribution in [0.4, 0.5) is 4.79 Å². The Morgan fingerprint density at radius 1 is 1.60 bits per heavy atom. The maximum atomic E-state index is 11.1. The summed E-state index contributed by atoms with van der Waals surface area (Å²) in [6.07, 6.45) is 3.98. The molecule has 0 radical (unpaired) electrons. The van der Waals surface area contributed by atoms with Gasteiger partial charge in [0.1, 0.15) is 6.10 Å². The summed E-state index contributed by atoms with van der Waals surface area (Å²) in [7, 11) is 0. The van der Waals surface area contributed by atoms with Crippen LogP contribution in [0.3, 0.4) is 0 Å². The number of hydrogen-bond acceptors (Lipinski definition) is 2. The Morgan fingerprint density at radius 2 is 2.20 bits per heavy atom. The van der Waals surface area contributed by atoms with Crippen molar-refractivity contribution >= 4 is 6.09 Å². The lowest BCUT2D eigenvalue weighted by atomic mass is 9.81. The molecule has 1 fully saturated rings. The van der Waals surface area contributed by atoms with Crippen LogP contribution in [0.25, 0.3) is 0 Å². The van der Waals surface area contributed by atoms with Crippen LogP contribution < -0.4 is 0 Å². The molecule has 0 aliphatic carbocycles. The number of carbonyl (C=O) groups is 1. The quantitative estimate of drug-likeness (QED) is 0.616. The zero-order valence-corrected chi connectivity index (χ0v) is 9.36. The topological polar surface area (TPSA) is 49.8 Å². The van der Waals surface area contributed by atoms with Gasteiger partial charge in [0.2, 0.25) is 0 Å². The van der Waals surface area contributed by atoms with Gasteiger partial charge in [0.25, 0.3) is 0 Å². The van der Waals surface area contributed by atoms with Crippen molar-refractivity contribution in [1.29, 1.82) is 0 Å². The van der Waals surface area contributed by atoms with Gasteiger partial charge in [-0.2, -0.15) is 0 Å². The van der Waals surface area contributed by atoms with Crippen LogP contribution in [0.5, 0.6) is 0 Å². The van der Waals surface area contributed by atoms with E-state index in [1.165, 1.54) is 4.90 Å². The molecule has 1 N–H and O–H groups in total. The average molecular weight is 211 g/mol. The monoisotopic (exact) mass is 211 g/mol. The second-order valence-corrected chi connectivity index (χ2v) is 4.74. The summed E-state index contributed by atoms with van der Waals surface area (Å²) < 4.78 is 5.41. The molecule has 0 aromatic heterocycles. The standard InChI is InChI=1S/C11H17NO3/c1-5-8-9(11(2,3)4)12(10(13)14)6-7-15-8/h1,8-9H,6-7H2,2-4H3,(H,13,14). The number of rotatable bonds is 0. The zero-order chi connectivity index (χ0) is 11.6. The first-order valence-electron chi connectivity index (χ1n) is 4.95. The molecule has 2 atom stereocenters. The van der Waals surface area contributed by atoms with Crippen molar-refractivity contribution in [2.24, 2.45) is 5.41 Å². The van der Waals surface area contributed by atoms with Gasteiger partial charge in [0.15, 0.2) is 0 Å². The van der Waals surface area contributed by atoms with Gasteiger partial charge >= 0.3 is 6.09 Å². The number of morpholine rings is 1. The molecule has 1 aliphatic rings. The zero-order valence-electron chi connectivity index (χ0n) is 9.36. The normalized spacial score (nSPS) is 27.2. The van der Waals surface area contributed by atoms with Crippen molar-refractivity contribution in [3.63, 3.8) is 0 Å². The van der Waals surface area contributed by atoms with Crippen LogP contribution in [0.15, 0.2) is 0 Å². The molecule has 1 aliphatic heterocycles. The van der Waals surface area contributed by atoms with Crippen LogP contribution in [0.1, 0.15) is 20.8 Å². The van der Waals surface area contributed by atoms with Crippen LogP contribution in [-0.2, 0) is 4.74 Å². The SMILES string of the molecule is C#CC1OCCN(C(=O)O)C1C(C)(C)C. The summed E-state index contributed by atoms with van der Waals surface area (Å²) >= 11 is 0. The van der Waals surface area contributed by atoms with Crippen LogP contribution in [0, 0.1) is 17.8 Å². The Labute approximate surface area is 90.2 Å². The number of hydrogen-bond donors (Lipinski definition) is 1. The van der Waals surface area contributed by atoms with Crippen molar-refractivity contribution in [2.75, 3.05) is 13.2 Å². The van der Waals surface area contributed by atoms with E-state index in [0.717, 1.165) is 0 Å². The van der Waals surface area contributed by atoms with Gasteiger partial charge in [-0.1, -0.05) is 26.7 Å². The van der Waals surface area contributed by atoms with E-state index in [2.05, 4.69) is 5.92 Å². The lowest BCUT2D eigenvalue weighted by Crippen LogP contribution is -2.58. The van der Waals surface area contributed by atoms with Gasteiger partial charge in [-0.25, -0.2) is 4.79 Å². The van der Waals surface area contributed by atoms with Crippen LogP contribution >= 0.6 is 0 Å². The second kappa shape index (κ2) is 4.11. The third kappa shape index (κ3) is 2.42. The van der Waals surface area contributed by atoms with E-state index in [0.29, 0.717) is 13.2 Å². The van der Waals surface area contributed by atoms with E-state index in [4.69, 9.17) is 16.3 Å². The first-order chi connectivity index (χ1) is 6.88. The highest BCUT2D eigenvalue weighted by Gasteiger charge is 2.41. The molecule has 4 nitrogen and oxygen atoms in total. The maximum absolute atomic E-state index is 11.1. The average Bonchev–Trinajstić information content (AvgIpc) is 2.15. The molecule has 0 bridgehead atoms. The molecule has 1 rings (SSSR count). The van der Waals surface area contributed by atoms with E-state index in [-0.39, 0.29) is 11.5 Å². The highest BCUT2D eigenvalue weighted by Crippen LogP contribution is 2.30. The van der Waals surface area contributed by atoms with Crippen molar-refractivity contribution in [2.45, 2.75) is 32.9 Å². The minimum absolute atomic E-state index is 0.226. The molecule has 15 heavy (non-hydrogen) atoms. The Balaban J connectivity index is 2.98. The summed E-state index contributed by atoms with van der Waals surface area (Å²) in [6.45, 7) is 6.65. The summed E-state index contributed by atoms with van der Waals surface area (Å²) in [6, 6.07) is -0.284. The molecule has 0 spiro atoms. The lowest BCUT2D eigenvalue weighted by molar-refractivity contribution is -0.0684. The van der Waals surface area contributed by atoms with Crippen LogP contribution in [-0.4, -0.2) is 41.4 Å². The van der Waals surface area contributed by atoms with E-state index in [1.807, 2.05) is 20.8 Å². The molecule has 0 aromatic rings. The molecule has 1 amide bonds. The second-order valence-electron chi connectivity index (χ2n) is 4.74. The predicted molar refractivity (Wildman–Crippen MR) is 56.5 cm³/mol. The summed E-state index contributed by atoms with van der Waals surface area (Å²) in [5.41, 5.74) is -0.226. The van der Waals surface area contributed by atoms with E-state index < -0.39 is 12.2 Å². The summed E-state index contributed by atoms with van der Waals surface area (Å²) in [5.74, 6) is 2.52. The number of nitrogens with zero attached hydrogens (tertiary/aromatic N) is 1. The molecule has 1 heterocycles. The summed E-state index contributed by atoms with van der Waals surface area (Å²) in [5, 5.41) is 9.09. The fourth-order valence-corrected chi connectivity index (χ4v) is 1.95. The molecule has 0 saturated carbocycles. The lowest BCUT2D eigenvalue weighted by Gasteiger charge is -2.44. The van der Waals surface area contributed by atoms with Gasteiger partial charge in [0, 0.05) is 6.54 Å². The highest BCUT2D eigenvalue weighted by molar-refractivity contribution is 5.66. The van der Waals surface area contributed by atoms with Gasteiger partial charge in [-0.05, 0) is 5.41 Å². The Bertz CT molecular complexity index is 287. The Kier molecular flexibility index (Phi) is 3.25. The van der Waals surface area contributed by atoms with E-state index in [1.54, 1.807) is 0 Å². The van der Waals surface area contributed by atoms with Crippen molar-refractivity contribution in [3.8, 4) is 12.3 Å². The molecular weight excluding hydrogens is 194 g/mol. The third-order valence-corrected chi connectivity index (χ3v) is 2.55. The predicted octanol–water partition coefficient (Wildman–Crippen LogP) is 1.41. The minimum Gasteiger partial charge on any atom is -0.465 e. The number of carboxylic acid groups (broad SMARTS) is 1. The van der Waals surface area contributed by atoms with Crippen molar-refractivity contribution in [1.82, 2.24) is 4.90 Å². The number of amides is 1. The van der Waals surface area contributed by atoms with Crippen molar-refractivity contribution in [3.05, 3.63) is 0 Å². The van der Waals surface area contributed by atoms with Gasteiger partial charge in [-0.3, -0.25) is 4.90 Å². The smallest absolute Gasteiger partial charge is 0.407 e. The molecule has 4 heteroatoms. The van der Waals surface area contributed by atoms with Crippen molar-refractivity contribution < 1.29 is 14.6 Å².